The highest BCUT2D eigenvalue weighted by molar-refractivity contribution is 6.07. The van der Waals surface area contributed by atoms with E-state index in [1.165, 1.54) is 6.07 Å². The van der Waals surface area contributed by atoms with Crippen LogP contribution in [-0.4, -0.2) is 37.9 Å². The summed E-state index contributed by atoms with van der Waals surface area (Å²) in [7, 11) is 0. The van der Waals surface area contributed by atoms with Crippen LogP contribution in [0.3, 0.4) is 0 Å². The number of hydrogen-bond acceptors (Lipinski definition) is 5. The minimum Gasteiger partial charge on any atom is -0.465 e. The third-order valence-corrected chi connectivity index (χ3v) is 5.38. The zero-order chi connectivity index (χ0) is 19.4. The van der Waals surface area contributed by atoms with E-state index in [0.29, 0.717) is 31.6 Å². The first-order valence-electron chi connectivity index (χ1n) is 9.37. The fourth-order valence-corrected chi connectivity index (χ4v) is 3.99. The minimum absolute atomic E-state index is 0.144. The molecule has 148 valence electrons. The molecule has 2 aliphatic rings. The lowest BCUT2D eigenvalue weighted by Gasteiger charge is -2.30. The van der Waals surface area contributed by atoms with Gasteiger partial charge in [-0.3, -0.25) is 9.59 Å². The van der Waals surface area contributed by atoms with E-state index in [1.54, 1.807) is 6.92 Å². The molecule has 0 aromatic heterocycles. The number of Topliss-reactive ketones (excluding diaryl/α,β-unsaturated/α-hetero) is 1. The lowest BCUT2D eigenvalue weighted by atomic mass is 9.73. The van der Waals surface area contributed by atoms with Gasteiger partial charge >= 0.3 is 5.97 Å². The molecule has 2 fully saturated rings. The molecule has 0 amide bonds. The SMILES string of the molecule is CCOC(=O)C1(C(=O)C(CC2OCCO2)c2ccc(F)c(F)c2)CCCC1. The summed E-state index contributed by atoms with van der Waals surface area (Å²) in [6.45, 7) is 2.69. The summed E-state index contributed by atoms with van der Waals surface area (Å²) in [6.07, 6.45) is 1.81. The average molecular weight is 382 g/mol. The number of esters is 1. The third kappa shape index (κ3) is 4.04. The summed E-state index contributed by atoms with van der Waals surface area (Å²) in [5.74, 6) is -3.72. The second-order valence-electron chi connectivity index (χ2n) is 7.01. The average Bonchev–Trinajstić information content (AvgIpc) is 3.34. The van der Waals surface area contributed by atoms with E-state index in [0.717, 1.165) is 25.0 Å². The van der Waals surface area contributed by atoms with Crippen molar-refractivity contribution in [3.05, 3.63) is 35.4 Å². The summed E-state index contributed by atoms with van der Waals surface area (Å²) >= 11 is 0. The van der Waals surface area contributed by atoms with Crippen molar-refractivity contribution in [3.8, 4) is 0 Å². The van der Waals surface area contributed by atoms with Crippen LogP contribution in [0.25, 0.3) is 0 Å². The van der Waals surface area contributed by atoms with Gasteiger partial charge in [-0.1, -0.05) is 18.9 Å². The van der Waals surface area contributed by atoms with E-state index >= 15 is 0 Å². The Hall–Kier alpha value is -1.86. The Bertz CT molecular complexity index is 694. The van der Waals surface area contributed by atoms with Gasteiger partial charge in [0.1, 0.15) is 5.41 Å². The first-order chi connectivity index (χ1) is 13.0. The second kappa shape index (κ2) is 8.44. The molecule has 1 aromatic rings. The predicted octanol–water partition coefficient (Wildman–Crippen LogP) is 3.50. The molecule has 0 N–H and O–H groups in total. The number of carbonyl (C=O) groups excluding carboxylic acids is 2. The van der Waals surface area contributed by atoms with Crippen LogP contribution >= 0.6 is 0 Å². The van der Waals surface area contributed by atoms with E-state index in [1.807, 2.05) is 0 Å². The molecule has 5 nitrogen and oxygen atoms in total. The smallest absolute Gasteiger partial charge is 0.319 e. The van der Waals surface area contributed by atoms with Crippen LogP contribution in [0.4, 0.5) is 8.78 Å². The Morgan fingerprint density at radius 1 is 1.19 bits per heavy atom. The number of hydrogen-bond donors (Lipinski definition) is 0. The van der Waals surface area contributed by atoms with Crippen molar-refractivity contribution in [2.45, 2.75) is 51.2 Å². The zero-order valence-electron chi connectivity index (χ0n) is 15.3. The largest absolute Gasteiger partial charge is 0.465 e. The first kappa shape index (κ1) is 19.9. The first-order valence-corrected chi connectivity index (χ1v) is 9.37. The molecule has 1 heterocycles. The number of halogens is 2. The molecule has 1 aliphatic heterocycles. The quantitative estimate of drug-likeness (QED) is 0.534. The van der Waals surface area contributed by atoms with Crippen LogP contribution < -0.4 is 0 Å². The van der Waals surface area contributed by atoms with E-state index in [4.69, 9.17) is 14.2 Å². The molecule has 1 aliphatic carbocycles. The lowest BCUT2D eigenvalue weighted by molar-refractivity contribution is -0.161. The standard InChI is InChI=1S/C20H24F2O5/c1-2-25-19(24)20(7-3-4-8-20)18(23)14(12-17-26-9-10-27-17)13-5-6-15(21)16(22)11-13/h5-6,11,14,17H,2-4,7-10,12H2,1H3. The molecule has 7 heteroatoms. The van der Waals surface area contributed by atoms with Crippen molar-refractivity contribution < 1.29 is 32.6 Å². The normalized spacial score (nSPS) is 20.6. The maximum absolute atomic E-state index is 13.8. The third-order valence-electron chi connectivity index (χ3n) is 5.38. The van der Waals surface area contributed by atoms with Gasteiger partial charge in [0.2, 0.25) is 0 Å². The molecule has 1 unspecified atom stereocenters. The number of ether oxygens (including phenoxy) is 3. The molecule has 0 radical (unpaired) electrons. The number of carbonyl (C=O) groups is 2. The molecular formula is C20H24F2O5. The predicted molar refractivity (Wildman–Crippen MR) is 91.9 cm³/mol. The van der Waals surface area contributed by atoms with Crippen LogP contribution in [0, 0.1) is 17.0 Å². The molecule has 1 saturated carbocycles. The lowest BCUT2D eigenvalue weighted by Crippen LogP contribution is -2.42. The van der Waals surface area contributed by atoms with Crippen molar-refractivity contribution in [2.24, 2.45) is 5.41 Å². The maximum atomic E-state index is 13.8. The fraction of sp³-hybridized carbons (Fsp3) is 0.600. The van der Waals surface area contributed by atoms with E-state index in [-0.39, 0.29) is 18.8 Å². The number of ketones is 1. The summed E-state index contributed by atoms with van der Waals surface area (Å²) in [5, 5.41) is 0. The Kier molecular flexibility index (Phi) is 6.22. The van der Waals surface area contributed by atoms with Crippen LogP contribution in [0.2, 0.25) is 0 Å². The van der Waals surface area contributed by atoms with Crippen molar-refractivity contribution in [1.82, 2.24) is 0 Å². The van der Waals surface area contributed by atoms with Crippen molar-refractivity contribution in [3.63, 3.8) is 0 Å². The maximum Gasteiger partial charge on any atom is 0.319 e. The molecule has 1 aromatic carbocycles. The van der Waals surface area contributed by atoms with E-state index in [9.17, 15) is 18.4 Å². The summed E-state index contributed by atoms with van der Waals surface area (Å²) in [4.78, 5) is 26.2. The van der Waals surface area contributed by atoms with Gasteiger partial charge in [-0.2, -0.15) is 0 Å². The number of benzene rings is 1. The monoisotopic (exact) mass is 382 g/mol. The van der Waals surface area contributed by atoms with Gasteiger partial charge in [0, 0.05) is 12.3 Å². The minimum atomic E-state index is -1.25. The highest BCUT2D eigenvalue weighted by Crippen LogP contribution is 2.45. The fourth-order valence-electron chi connectivity index (χ4n) is 3.99. The summed E-state index contributed by atoms with van der Waals surface area (Å²) in [6, 6.07) is 3.39. The Labute approximate surface area is 157 Å². The highest BCUT2D eigenvalue weighted by atomic mass is 19.2. The highest BCUT2D eigenvalue weighted by Gasteiger charge is 2.52. The van der Waals surface area contributed by atoms with Crippen molar-refractivity contribution in [1.29, 1.82) is 0 Å². The molecule has 3 rings (SSSR count). The van der Waals surface area contributed by atoms with Crippen LogP contribution in [0.5, 0.6) is 0 Å². The summed E-state index contributed by atoms with van der Waals surface area (Å²) in [5.41, 5.74) is -0.932. The zero-order valence-corrected chi connectivity index (χ0v) is 15.3. The van der Waals surface area contributed by atoms with Crippen LogP contribution in [-0.2, 0) is 23.8 Å². The van der Waals surface area contributed by atoms with Crippen molar-refractivity contribution >= 4 is 11.8 Å². The number of rotatable bonds is 7. The van der Waals surface area contributed by atoms with Gasteiger partial charge < -0.3 is 14.2 Å². The van der Waals surface area contributed by atoms with Gasteiger partial charge in [-0.25, -0.2) is 8.78 Å². The molecular weight excluding hydrogens is 358 g/mol. The summed E-state index contributed by atoms with van der Waals surface area (Å²) < 4.78 is 43.3. The molecule has 0 spiro atoms. The van der Waals surface area contributed by atoms with Crippen LogP contribution in [0.1, 0.15) is 50.5 Å². The molecule has 27 heavy (non-hydrogen) atoms. The van der Waals surface area contributed by atoms with Crippen molar-refractivity contribution in [2.75, 3.05) is 19.8 Å². The van der Waals surface area contributed by atoms with Crippen LogP contribution in [0.15, 0.2) is 18.2 Å². The second-order valence-corrected chi connectivity index (χ2v) is 7.01. The topological polar surface area (TPSA) is 61.8 Å². The van der Waals surface area contributed by atoms with Gasteiger partial charge in [0.05, 0.1) is 19.8 Å². The Morgan fingerprint density at radius 3 is 2.44 bits per heavy atom. The van der Waals surface area contributed by atoms with E-state index in [2.05, 4.69) is 0 Å². The molecule has 1 saturated heterocycles. The van der Waals surface area contributed by atoms with Gasteiger partial charge in [0.25, 0.3) is 0 Å². The van der Waals surface area contributed by atoms with Gasteiger partial charge in [-0.15, -0.1) is 0 Å². The molecule has 0 bridgehead atoms. The van der Waals surface area contributed by atoms with E-state index < -0.39 is 35.2 Å². The Morgan fingerprint density at radius 2 is 1.85 bits per heavy atom. The molecule has 1 atom stereocenters. The van der Waals surface area contributed by atoms with Gasteiger partial charge in [-0.05, 0) is 37.5 Å². The Balaban J connectivity index is 1.95. The van der Waals surface area contributed by atoms with Gasteiger partial charge in [0.15, 0.2) is 23.7 Å².